The lowest BCUT2D eigenvalue weighted by atomic mass is 10.0. The molecule has 0 fully saturated rings. The molecular weight excluding hydrogens is 434 g/mol. The number of rotatable bonds is 10. The van der Waals surface area contributed by atoms with Crippen molar-refractivity contribution in [2.75, 3.05) is 6.54 Å². The molecule has 0 spiro atoms. The first-order valence-corrected chi connectivity index (χ1v) is 11.0. The maximum Gasteiger partial charge on any atom is 0.326 e. The van der Waals surface area contributed by atoms with Gasteiger partial charge in [-0.1, -0.05) is 36.4 Å². The number of carbonyl (C=O) groups is 3. The first-order chi connectivity index (χ1) is 16.3. The highest BCUT2D eigenvalue weighted by Gasteiger charge is 2.22. The standard InChI is InChI=1S/C15H23N3O3.C10H8N2O/c16-10-4-7-13(15(20)21)18-14(19)12(17)9-8-11-5-2-1-3-6-11;11-10(13)8-3-4-9-7(6-8)2-1-5-12-9/h1-3,5-6,12-13H,4,7-10,16-17H2,(H,18,19)(H,20,21);1-6H,(H2,11,13)/t12-,13-;/m0./s1. The molecule has 34 heavy (non-hydrogen) atoms. The fourth-order valence-electron chi connectivity index (χ4n) is 3.18. The smallest absolute Gasteiger partial charge is 0.326 e. The van der Waals surface area contributed by atoms with Crippen molar-refractivity contribution in [1.29, 1.82) is 0 Å². The number of carboxylic acids is 1. The molecule has 2 atom stereocenters. The van der Waals surface area contributed by atoms with E-state index in [1.54, 1.807) is 24.4 Å². The summed E-state index contributed by atoms with van der Waals surface area (Å²) in [6, 6.07) is 17.0. The summed E-state index contributed by atoms with van der Waals surface area (Å²) >= 11 is 0. The molecule has 1 aromatic heterocycles. The quantitative estimate of drug-likeness (QED) is 0.302. The summed E-state index contributed by atoms with van der Waals surface area (Å²) in [5.74, 6) is -1.91. The first-order valence-electron chi connectivity index (χ1n) is 11.0. The summed E-state index contributed by atoms with van der Waals surface area (Å²) in [7, 11) is 0. The molecule has 1 heterocycles. The Morgan fingerprint density at radius 2 is 1.74 bits per heavy atom. The number of pyridine rings is 1. The molecule has 2 aromatic carbocycles. The SMILES string of the molecule is NC(=O)c1ccc2ncccc2c1.NCCC[C@H](NC(=O)[C@@H](N)CCc1ccccc1)C(=O)O. The zero-order valence-corrected chi connectivity index (χ0v) is 18.9. The Morgan fingerprint density at radius 1 is 1.00 bits per heavy atom. The highest BCUT2D eigenvalue weighted by Crippen LogP contribution is 2.12. The van der Waals surface area contributed by atoms with Crippen LogP contribution in [0.25, 0.3) is 10.9 Å². The molecule has 9 nitrogen and oxygen atoms in total. The lowest BCUT2D eigenvalue weighted by Crippen LogP contribution is -2.48. The van der Waals surface area contributed by atoms with E-state index in [4.69, 9.17) is 22.3 Å². The average Bonchev–Trinajstić information content (AvgIpc) is 2.85. The van der Waals surface area contributed by atoms with Crippen LogP contribution in [0.2, 0.25) is 0 Å². The second kappa shape index (κ2) is 13.7. The van der Waals surface area contributed by atoms with Gasteiger partial charge in [0.2, 0.25) is 11.8 Å². The summed E-state index contributed by atoms with van der Waals surface area (Å²) in [6.45, 7) is 0.389. The number of nitrogens with zero attached hydrogens (tertiary/aromatic N) is 1. The molecule has 0 saturated carbocycles. The van der Waals surface area contributed by atoms with Crippen molar-refractivity contribution in [2.24, 2.45) is 17.2 Å². The second-order valence-electron chi connectivity index (χ2n) is 7.74. The number of aliphatic carboxylic acids is 1. The normalized spacial score (nSPS) is 12.2. The van der Waals surface area contributed by atoms with Crippen LogP contribution in [0.1, 0.15) is 35.2 Å². The number of primary amides is 1. The fourth-order valence-corrected chi connectivity index (χ4v) is 3.18. The molecule has 0 aliphatic rings. The number of fused-ring (bicyclic) bond motifs is 1. The molecule has 9 heteroatoms. The number of carbonyl (C=O) groups excluding carboxylic acids is 2. The van der Waals surface area contributed by atoms with Crippen molar-refractivity contribution in [3.8, 4) is 0 Å². The molecular formula is C25H31N5O4. The number of carboxylic acid groups (broad SMARTS) is 1. The number of benzene rings is 2. The largest absolute Gasteiger partial charge is 0.480 e. The van der Waals surface area contributed by atoms with Gasteiger partial charge in [-0.2, -0.15) is 0 Å². The summed E-state index contributed by atoms with van der Waals surface area (Å²) in [5, 5.41) is 12.4. The minimum absolute atomic E-state index is 0.309. The molecule has 0 aliphatic carbocycles. The van der Waals surface area contributed by atoms with Crippen molar-refractivity contribution in [3.63, 3.8) is 0 Å². The Labute approximate surface area is 198 Å². The van der Waals surface area contributed by atoms with E-state index in [2.05, 4.69) is 10.3 Å². The molecule has 0 aliphatic heterocycles. The van der Waals surface area contributed by atoms with Crippen molar-refractivity contribution >= 4 is 28.7 Å². The minimum Gasteiger partial charge on any atom is -0.480 e. The topological polar surface area (TPSA) is 174 Å². The Bertz CT molecular complexity index is 1090. The van der Waals surface area contributed by atoms with E-state index in [0.717, 1.165) is 16.5 Å². The van der Waals surface area contributed by atoms with Crippen molar-refractivity contribution in [1.82, 2.24) is 10.3 Å². The molecule has 2 amide bonds. The predicted molar refractivity (Wildman–Crippen MR) is 131 cm³/mol. The van der Waals surface area contributed by atoms with E-state index in [1.807, 2.05) is 42.5 Å². The number of aryl methyl sites for hydroxylation is 1. The second-order valence-corrected chi connectivity index (χ2v) is 7.74. The summed E-state index contributed by atoms with van der Waals surface area (Å²) < 4.78 is 0. The summed E-state index contributed by atoms with van der Waals surface area (Å²) in [4.78, 5) is 37.9. The lowest BCUT2D eigenvalue weighted by Gasteiger charge is -2.17. The molecule has 0 saturated heterocycles. The maximum atomic E-state index is 11.9. The highest BCUT2D eigenvalue weighted by atomic mass is 16.4. The number of aromatic nitrogens is 1. The third-order valence-corrected chi connectivity index (χ3v) is 5.12. The highest BCUT2D eigenvalue weighted by molar-refractivity contribution is 5.96. The molecule has 0 bridgehead atoms. The molecule has 8 N–H and O–H groups in total. The van der Waals surface area contributed by atoms with Gasteiger partial charge in [0.25, 0.3) is 0 Å². The third kappa shape index (κ3) is 8.61. The summed E-state index contributed by atoms with van der Waals surface area (Å²) in [5.41, 5.74) is 18.8. The predicted octanol–water partition coefficient (Wildman–Crippen LogP) is 1.59. The molecule has 3 aromatic rings. The van der Waals surface area contributed by atoms with Crippen LogP contribution in [0.15, 0.2) is 66.9 Å². The first kappa shape index (κ1) is 26.4. The van der Waals surface area contributed by atoms with Crippen LogP contribution in [0.3, 0.4) is 0 Å². The van der Waals surface area contributed by atoms with Gasteiger partial charge < -0.3 is 27.6 Å². The number of nitrogens with two attached hydrogens (primary N) is 3. The van der Waals surface area contributed by atoms with Crippen LogP contribution in [0.4, 0.5) is 0 Å². The van der Waals surface area contributed by atoms with Crippen molar-refractivity contribution in [2.45, 2.75) is 37.8 Å². The van der Waals surface area contributed by atoms with E-state index in [-0.39, 0.29) is 0 Å². The van der Waals surface area contributed by atoms with Gasteiger partial charge in [-0.15, -0.1) is 0 Å². The average molecular weight is 466 g/mol. The Morgan fingerprint density at radius 3 is 2.38 bits per heavy atom. The number of hydrogen-bond acceptors (Lipinski definition) is 6. The number of amides is 2. The Balaban J connectivity index is 0.000000266. The third-order valence-electron chi connectivity index (χ3n) is 5.12. The van der Waals surface area contributed by atoms with Gasteiger partial charge in [0.05, 0.1) is 11.6 Å². The monoisotopic (exact) mass is 465 g/mol. The van der Waals surface area contributed by atoms with E-state index in [9.17, 15) is 14.4 Å². The van der Waals surface area contributed by atoms with E-state index in [0.29, 0.717) is 37.8 Å². The van der Waals surface area contributed by atoms with Crippen molar-refractivity contribution in [3.05, 3.63) is 78.0 Å². The number of nitrogens with one attached hydrogen (secondary N) is 1. The van der Waals surface area contributed by atoms with Crippen LogP contribution >= 0.6 is 0 Å². The fraction of sp³-hybridized carbons (Fsp3) is 0.280. The van der Waals surface area contributed by atoms with Crippen LogP contribution in [0.5, 0.6) is 0 Å². The Hall–Kier alpha value is -3.82. The maximum absolute atomic E-state index is 11.9. The van der Waals surface area contributed by atoms with E-state index < -0.39 is 29.9 Å². The Kier molecular flexibility index (Phi) is 10.6. The number of hydrogen-bond donors (Lipinski definition) is 5. The van der Waals surface area contributed by atoms with Crippen LogP contribution in [-0.2, 0) is 16.0 Å². The van der Waals surface area contributed by atoms with Gasteiger partial charge in [-0.05, 0) is 62.1 Å². The lowest BCUT2D eigenvalue weighted by molar-refractivity contribution is -0.142. The zero-order valence-electron chi connectivity index (χ0n) is 18.9. The van der Waals surface area contributed by atoms with Gasteiger partial charge in [-0.25, -0.2) is 4.79 Å². The zero-order chi connectivity index (χ0) is 24.9. The van der Waals surface area contributed by atoms with Gasteiger partial charge >= 0.3 is 5.97 Å². The summed E-state index contributed by atoms with van der Waals surface area (Å²) in [6.07, 6.45) is 3.71. The van der Waals surface area contributed by atoms with Crippen molar-refractivity contribution < 1.29 is 19.5 Å². The van der Waals surface area contributed by atoms with Crippen LogP contribution in [0, 0.1) is 0 Å². The van der Waals surface area contributed by atoms with E-state index >= 15 is 0 Å². The minimum atomic E-state index is -1.06. The van der Waals surface area contributed by atoms with Crippen LogP contribution in [-0.4, -0.2) is 46.5 Å². The van der Waals surface area contributed by atoms with Gasteiger partial charge in [-0.3, -0.25) is 14.6 Å². The van der Waals surface area contributed by atoms with Gasteiger partial charge in [0.1, 0.15) is 6.04 Å². The van der Waals surface area contributed by atoms with Gasteiger partial charge in [0, 0.05) is 17.1 Å². The van der Waals surface area contributed by atoms with Gasteiger partial charge in [0.15, 0.2) is 0 Å². The molecule has 180 valence electrons. The molecule has 0 radical (unpaired) electrons. The molecule has 3 rings (SSSR count). The van der Waals surface area contributed by atoms with E-state index in [1.165, 1.54) is 0 Å². The molecule has 0 unspecified atom stereocenters. The van der Waals surface area contributed by atoms with Crippen LogP contribution < -0.4 is 22.5 Å².